The minimum absolute atomic E-state index is 0.674. The molecule has 0 aliphatic rings. The molecule has 1 atom stereocenters. The minimum Gasteiger partial charge on any atom is -0.404 e. The molecular formula is C8H17ClN2. The Labute approximate surface area is 73.8 Å². The first kappa shape index (κ1) is 10.8. The first-order chi connectivity index (χ1) is 5.20. The Morgan fingerprint density at radius 2 is 2.36 bits per heavy atom. The van der Waals surface area contributed by atoms with E-state index in [-0.39, 0.29) is 0 Å². The van der Waals surface area contributed by atoms with Crippen molar-refractivity contribution in [3.05, 3.63) is 11.2 Å². The molecule has 0 aliphatic carbocycles. The molecule has 0 saturated heterocycles. The molecule has 0 amide bonds. The fourth-order valence-electron chi connectivity index (χ4n) is 0.641. The lowest BCUT2D eigenvalue weighted by Gasteiger charge is -2.08. The molecule has 0 rings (SSSR count). The van der Waals surface area contributed by atoms with Crippen LogP contribution in [-0.2, 0) is 0 Å². The predicted molar refractivity (Wildman–Crippen MR) is 50.4 cm³/mol. The summed E-state index contributed by atoms with van der Waals surface area (Å²) in [4.78, 5) is 0. The lowest BCUT2D eigenvalue weighted by atomic mass is 10.1. The largest absolute Gasteiger partial charge is 0.404 e. The van der Waals surface area contributed by atoms with Gasteiger partial charge in [0.15, 0.2) is 0 Å². The van der Waals surface area contributed by atoms with Crippen LogP contribution < -0.4 is 11.1 Å². The van der Waals surface area contributed by atoms with Crippen molar-refractivity contribution in [1.29, 1.82) is 0 Å². The van der Waals surface area contributed by atoms with Gasteiger partial charge < -0.3 is 11.1 Å². The van der Waals surface area contributed by atoms with Crippen molar-refractivity contribution in [2.75, 3.05) is 13.1 Å². The second kappa shape index (κ2) is 6.50. The topological polar surface area (TPSA) is 38.0 Å². The highest BCUT2D eigenvalue weighted by Gasteiger charge is 1.97. The highest BCUT2D eigenvalue weighted by Crippen LogP contribution is 1.99. The van der Waals surface area contributed by atoms with Gasteiger partial charge in [0.25, 0.3) is 0 Å². The van der Waals surface area contributed by atoms with Crippen molar-refractivity contribution in [3.63, 3.8) is 0 Å². The molecule has 0 saturated carbocycles. The first-order valence-corrected chi connectivity index (χ1v) is 4.35. The van der Waals surface area contributed by atoms with Gasteiger partial charge >= 0.3 is 0 Å². The fraction of sp³-hybridized carbons (Fsp3) is 0.750. The normalized spacial score (nSPS) is 15.0. The molecule has 3 N–H and O–H groups in total. The van der Waals surface area contributed by atoms with E-state index in [0.717, 1.165) is 6.54 Å². The minimum atomic E-state index is 0.674. The number of rotatable bonds is 5. The van der Waals surface area contributed by atoms with Crippen molar-refractivity contribution in [2.24, 2.45) is 11.7 Å². The van der Waals surface area contributed by atoms with Crippen molar-refractivity contribution in [2.45, 2.75) is 20.3 Å². The molecular weight excluding hydrogens is 160 g/mol. The quantitative estimate of drug-likeness (QED) is 0.669. The van der Waals surface area contributed by atoms with Gasteiger partial charge in [-0.3, -0.25) is 0 Å². The van der Waals surface area contributed by atoms with Crippen LogP contribution in [0.25, 0.3) is 0 Å². The zero-order chi connectivity index (χ0) is 8.69. The molecule has 0 bridgehead atoms. The maximum absolute atomic E-state index is 5.67. The summed E-state index contributed by atoms with van der Waals surface area (Å²) in [7, 11) is 0. The van der Waals surface area contributed by atoms with Crippen LogP contribution in [0, 0.1) is 5.92 Å². The van der Waals surface area contributed by atoms with E-state index in [0.29, 0.717) is 17.5 Å². The Bertz CT molecular complexity index is 123. The average molecular weight is 177 g/mol. The fourth-order valence-corrected chi connectivity index (χ4v) is 0.736. The Morgan fingerprint density at radius 1 is 1.73 bits per heavy atom. The molecule has 66 valence electrons. The molecule has 3 heteroatoms. The number of nitrogens with two attached hydrogens (primary N) is 1. The summed E-state index contributed by atoms with van der Waals surface area (Å²) in [6.07, 6.45) is 2.61. The molecule has 2 nitrogen and oxygen atoms in total. The van der Waals surface area contributed by atoms with Crippen LogP contribution in [0.15, 0.2) is 11.2 Å². The standard InChI is InChI=1S/C8H17ClN2/c1-3-7(2)5-11-6-8(9)4-10/h4,7,11H,3,5-6,10H2,1-2H3/b8-4-. The SMILES string of the molecule is CCC(C)CNC/C(Cl)=C/N. The molecule has 0 fully saturated rings. The molecule has 0 aromatic rings. The average Bonchev–Trinajstić information content (AvgIpc) is 2.04. The van der Waals surface area contributed by atoms with E-state index >= 15 is 0 Å². The monoisotopic (exact) mass is 176 g/mol. The van der Waals surface area contributed by atoms with Crippen molar-refractivity contribution >= 4 is 11.6 Å². The molecule has 0 radical (unpaired) electrons. The summed E-state index contributed by atoms with van der Waals surface area (Å²) in [5.74, 6) is 0.706. The second-order valence-electron chi connectivity index (χ2n) is 2.76. The van der Waals surface area contributed by atoms with E-state index in [1.165, 1.54) is 12.6 Å². The van der Waals surface area contributed by atoms with Gasteiger partial charge in [-0.2, -0.15) is 0 Å². The van der Waals surface area contributed by atoms with Crippen molar-refractivity contribution in [3.8, 4) is 0 Å². The molecule has 0 aromatic heterocycles. The van der Waals surface area contributed by atoms with Gasteiger partial charge in [0.2, 0.25) is 0 Å². The Morgan fingerprint density at radius 3 is 2.82 bits per heavy atom. The summed E-state index contributed by atoms with van der Waals surface area (Å²) >= 11 is 5.67. The highest BCUT2D eigenvalue weighted by molar-refractivity contribution is 6.29. The molecule has 1 unspecified atom stereocenters. The van der Waals surface area contributed by atoms with Gasteiger partial charge in [-0.25, -0.2) is 0 Å². The van der Waals surface area contributed by atoms with E-state index in [9.17, 15) is 0 Å². The molecule has 11 heavy (non-hydrogen) atoms. The van der Waals surface area contributed by atoms with Gasteiger partial charge in [-0.1, -0.05) is 31.9 Å². The zero-order valence-corrected chi connectivity index (χ0v) is 7.99. The molecule has 0 aromatic carbocycles. The zero-order valence-electron chi connectivity index (χ0n) is 7.23. The summed E-state index contributed by atoms with van der Waals surface area (Å²) in [5.41, 5.74) is 5.19. The number of nitrogens with one attached hydrogen (secondary N) is 1. The van der Waals surface area contributed by atoms with Crippen molar-refractivity contribution in [1.82, 2.24) is 5.32 Å². The first-order valence-electron chi connectivity index (χ1n) is 3.97. The summed E-state index contributed by atoms with van der Waals surface area (Å²) in [6, 6.07) is 0. The Kier molecular flexibility index (Phi) is 6.37. The highest BCUT2D eigenvalue weighted by atomic mass is 35.5. The van der Waals surface area contributed by atoms with Gasteiger partial charge in [0.1, 0.15) is 0 Å². The van der Waals surface area contributed by atoms with Crippen LogP contribution in [0.4, 0.5) is 0 Å². The van der Waals surface area contributed by atoms with Crippen LogP contribution in [-0.4, -0.2) is 13.1 Å². The van der Waals surface area contributed by atoms with Crippen LogP contribution >= 0.6 is 11.6 Å². The molecule has 0 heterocycles. The van der Waals surface area contributed by atoms with Crippen LogP contribution in [0.3, 0.4) is 0 Å². The van der Waals surface area contributed by atoms with Gasteiger partial charge in [-0.15, -0.1) is 0 Å². The number of hydrogen-bond donors (Lipinski definition) is 2. The van der Waals surface area contributed by atoms with Crippen molar-refractivity contribution < 1.29 is 0 Å². The summed E-state index contributed by atoms with van der Waals surface area (Å²) < 4.78 is 0. The van der Waals surface area contributed by atoms with Crippen LogP contribution in [0.2, 0.25) is 0 Å². The number of halogens is 1. The Hall–Kier alpha value is -0.210. The third kappa shape index (κ3) is 6.20. The second-order valence-corrected chi connectivity index (χ2v) is 3.24. The van der Waals surface area contributed by atoms with Crippen LogP contribution in [0.1, 0.15) is 20.3 Å². The Balaban J connectivity index is 3.27. The molecule has 0 aliphatic heterocycles. The maximum Gasteiger partial charge on any atom is 0.0473 e. The molecule has 0 spiro atoms. The van der Waals surface area contributed by atoms with Gasteiger partial charge in [-0.05, 0) is 12.5 Å². The number of hydrogen-bond acceptors (Lipinski definition) is 2. The summed E-state index contributed by atoms with van der Waals surface area (Å²) in [6.45, 7) is 6.06. The van der Waals surface area contributed by atoms with Crippen LogP contribution in [0.5, 0.6) is 0 Å². The lowest BCUT2D eigenvalue weighted by Crippen LogP contribution is -2.22. The summed E-state index contributed by atoms with van der Waals surface area (Å²) in [5, 5.41) is 3.88. The maximum atomic E-state index is 5.67. The van der Waals surface area contributed by atoms with E-state index in [1.807, 2.05) is 0 Å². The lowest BCUT2D eigenvalue weighted by molar-refractivity contribution is 0.515. The van der Waals surface area contributed by atoms with E-state index in [2.05, 4.69) is 19.2 Å². The van der Waals surface area contributed by atoms with E-state index in [4.69, 9.17) is 17.3 Å². The van der Waals surface area contributed by atoms with Gasteiger partial charge in [0.05, 0.1) is 0 Å². The third-order valence-electron chi connectivity index (χ3n) is 1.66. The van der Waals surface area contributed by atoms with E-state index < -0.39 is 0 Å². The van der Waals surface area contributed by atoms with E-state index in [1.54, 1.807) is 0 Å². The predicted octanol–water partition coefficient (Wildman–Crippen LogP) is 1.66. The smallest absolute Gasteiger partial charge is 0.0473 e. The van der Waals surface area contributed by atoms with Gasteiger partial charge in [0, 0.05) is 17.8 Å². The third-order valence-corrected chi connectivity index (χ3v) is 1.92.